The number of piperidine rings is 1. The van der Waals surface area contributed by atoms with E-state index < -0.39 is 0 Å². The maximum absolute atomic E-state index is 4.52. The van der Waals surface area contributed by atoms with E-state index in [2.05, 4.69) is 32.3 Å². The van der Waals surface area contributed by atoms with E-state index >= 15 is 0 Å². The van der Waals surface area contributed by atoms with Crippen molar-refractivity contribution in [3.8, 4) is 11.1 Å². The molecule has 0 saturated carbocycles. The first kappa shape index (κ1) is 13.1. The number of hydrogen-bond acceptors (Lipinski definition) is 4. The Hall–Kier alpha value is -1.94. The number of nitrogens with one attached hydrogen (secondary N) is 1. The molecule has 104 valence electrons. The third kappa shape index (κ3) is 2.80. The highest BCUT2D eigenvalue weighted by Crippen LogP contribution is 2.20. The summed E-state index contributed by atoms with van der Waals surface area (Å²) in [4.78, 5) is 11.3. The molecule has 0 radical (unpaired) electrons. The molecule has 0 atom stereocenters. The van der Waals surface area contributed by atoms with Gasteiger partial charge in [-0.3, -0.25) is 0 Å². The normalized spacial score (nSPS) is 16.4. The van der Waals surface area contributed by atoms with Crippen LogP contribution in [0.1, 0.15) is 12.8 Å². The van der Waals surface area contributed by atoms with E-state index in [-0.39, 0.29) is 0 Å². The first-order valence-corrected chi connectivity index (χ1v) is 7.16. The molecule has 0 aliphatic carbocycles. The molecule has 2 aromatic rings. The van der Waals surface area contributed by atoms with Crippen LogP contribution in [0.15, 0.2) is 42.7 Å². The highest BCUT2D eigenvalue weighted by molar-refractivity contribution is 5.61. The summed E-state index contributed by atoms with van der Waals surface area (Å²) in [5, 5.41) is 3.34. The molecule has 0 unspecified atom stereocenters. The van der Waals surface area contributed by atoms with Gasteiger partial charge in [0.25, 0.3) is 0 Å². The van der Waals surface area contributed by atoms with Crippen LogP contribution in [0.2, 0.25) is 0 Å². The molecule has 1 saturated heterocycles. The Morgan fingerprint density at radius 3 is 2.25 bits per heavy atom. The second-order valence-corrected chi connectivity index (χ2v) is 5.19. The van der Waals surface area contributed by atoms with E-state index in [0.717, 1.165) is 43.0 Å². The number of aromatic nitrogens is 2. The minimum absolute atomic E-state index is 0.634. The molecule has 1 N–H and O–H groups in total. The van der Waals surface area contributed by atoms with Gasteiger partial charge in [0, 0.05) is 37.1 Å². The largest absolute Gasteiger partial charge is 0.341 e. The summed E-state index contributed by atoms with van der Waals surface area (Å²) in [7, 11) is 2.03. The molecule has 4 heteroatoms. The second-order valence-electron chi connectivity index (χ2n) is 5.19. The van der Waals surface area contributed by atoms with Crippen molar-refractivity contribution in [1.29, 1.82) is 0 Å². The quantitative estimate of drug-likeness (QED) is 0.927. The molecule has 0 spiro atoms. The van der Waals surface area contributed by atoms with E-state index in [4.69, 9.17) is 0 Å². The Balaban J connectivity index is 1.71. The van der Waals surface area contributed by atoms with E-state index in [9.17, 15) is 0 Å². The lowest BCUT2D eigenvalue weighted by Crippen LogP contribution is -2.41. The van der Waals surface area contributed by atoms with Gasteiger partial charge in [-0.2, -0.15) is 0 Å². The van der Waals surface area contributed by atoms with Crippen LogP contribution in [0, 0.1) is 0 Å². The maximum atomic E-state index is 4.52. The van der Waals surface area contributed by atoms with Crippen molar-refractivity contribution >= 4 is 5.95 Å². The Kier molecular flexibility index (Phi) is 3.92. The SMILES string of the molecule is CNC1CCN(c2ncc(-c3ccccc3)cn2)CC1. The number of nitrogens with zero attached hydrogens (tertiary/aromatic N) is 3. The lowest BCUT2D eigenvalue weighted by molar-refractivity contribution is 0.439. The van der Waals surface area contributed by atoms with Crippen LogP contribution in [0.5, 0.6) is 0 Å². The molecule has 1 aliphatic rings. The fraction of sp³-hybridized carbons (Fsp3) is 0.375. The highest BCUT2D eigenvalue weighted by Gasteiger charge is 2.19. The minimum Gasteiger partial charge on any atom is -0.341 e. The molecule has 4 nitrogen and oxygen atoms in total. The van der Waals surface area contributed by atoms with Crippen LogP contribution < -0.4 is 10.2 Å². The highest BCUT2D eigenvalue weighted by atomic mass is 15.3. The van der Waals surface area contributed by atoms with Crippen molar-refractivity contribution in [3.63, 3.8) is 0 Å². The lowest BCUT2D eigenvalue weighted by Gasteiger charge is -2.31. The third-order valence-electron chi connectivity index (χ3n) is 3.93. The Morgan fingerprint density at radius 2 is 1.65 bits per heavy atom. The van der Waals surface area contributed by atoms with Gasteiger partial charge in [0.2, 0.25) is 5.95 Å². The Morgan fingerprint density at radius 1 is 1.00 bits per heavy atom. The summed E-state index contributed by atoms with van der Waals surface area (Å²) in [6, 6.07) is 10.9. The molecule has 0 bridgehead atoms. The predicted molar refractivity (Wildman–Crippen MR) is 81.8 cm³/mol. The minimum atomic E-state index is 0.634. The monoisotopic (exact) mass is 268 g/mol. The first-order chi connectivity index (χ1) is 9.86. The topological polar surface area (TPSA) is 41.0 Å². The molecule has 0 amide bonds. The van der Waals surface area contributed by atoms with Gasteiger partial charge in [-0.05, 0) is 25.5 Å². The van der Waals surface area contributed by atoms with Crippen molar-refractivity contribution in [2.45, 2.75) is 18.9 Å². The van der Waals surface area contributed by atoms with Gasteiger partial charge in [0.05, 0.1) is 0 Å². The summed E-state index contributed by atoms with van der Waals surface area (Å²) >= 11 is 0. The van der Waals surface area contributed by atoms with E-state index in [1.807, 2.05) is 37.6 Å². The van der Waals surface area contributed by atoms with Gasteiger partial charge < -0.3 is 10.2 Å². The predicted octanol–water partition coefficient (Wildman–Crippen LogP) is 2.33. The van der Waals surface area contributed by atoms with Crippen LogP contribution in [0.3, 0.4) is 0 Å². The summed E-state index contributed by atoms with van der Waals surface area (Å²) in [5.74, 6) is 0.847. The van der Waals surface area contributed by atoms with Crippen molar-refractivity contribution in [2.75, 3.05) is 25.0 Å². The molecule has 3 rings (SSSR count). The van der Waals surface area contributed by atoms with Crippen molar-refractivity contribution in [3.05, 3.63) is 42.7 Å². The van der Waals surface area contributed by atoms with Gasteiger partial charge in [-0.25, -0.2) is 9.97 Å². The maximum Gasteiger partial charge on any atom is 0.225 e. The fourth-order valence-electron chi connectivity index (χ4n) is 2.63. The summed E-state index contributed by atoms with van der Waals surface area (Å²) in [6.07, 6.45) is 6.14. The molecule has 1 aromatic heterocycles. The molecule has 1 aliphatic heterocycles. The molecule has 1 aromatic carbocycles. The second kappa shape index (κ2) is 6.01. The molecule has 20 heavy (non-hydrogen) atoms. The zero-order chi connectivity index (χ0) is 13.8. The zero-order valence-electron chi connectivity index (χ0n) is 11.8. The number of hydrogen-bond donors (Lipinski definition) is 1. The van der Waals surface area contributed by atoms with Gasteiger partial charge in [-0.1, -0.05) is 30.3 Å². The van der Waals surface area contributed by atoms with Gasteiger partial charge >= 0.3 is 0 Å². The number of anilines is 1. The summed E-state index contributed by atoms with van der Waals surface area (Å²) in [5.41, 5.74) is 2.23. The smallest absolute Gasteiger partial charge is 0.225 e. The van der Waals surface area contributed by atoms with Crippen LogP contribution in [-0.4, -0.2) is 36.1 Å². The van der Waals surface area contributed by atoms with Crippen molar-refractivity contribution < 1.29 is 0 Å². The van der Waals surface area contributed by atoms with Gasteiger partial charge in [0.1, 0.15) is 0 Å². The van der Waals surface area contributed by atoms with Crippen molar-refractivity contribution in [2.24, 2.45) is 0 Å². The molecule has 1 fully saturated rings. The fourth-order valence-corrected chi connectivity index (χ4v) is 2.63. The van der Waals surface area contributed by atoms with Crippen LogP contribution >= 0.6 is 0 Å². The van der Waals surface area contributed by atoms with Crippen LogP contribution in [-0.2, 0) is 0 Å². The number of rotatable bonds is 3. The van der Waals surface area contributed by atoms with E-state index in [0.29, 0.717) is 6.04 Å². The summed E-state index contributed by atoms with van der Waals surface area (Å²) < 4.78 is 0. The first-order valence-electron chi connectivity index (χ1n) is 7.16. The zero-order valence-corrected chi connectivity index (χ0v) is 11.8. The van der Waals surface area contributed by atoms with Crippen LogP contribution in [0.25, 0.3) is 11.1 Å². The third-order valence-corrected chi connectivity index (χ3v) is 3.93. The van der Waals surface area contributed by atoms with Crippen molar-refractivity contribution in [1.82, 2.24) is 15.3 Å². The van der Waals surface area contributed by atoms with Crippen LogP contribution in [0.4, 0.5) is 5.95 Å². The molecule has 2 heterocycles. The van der Waals surface area contributed by atoms with Gasteiger partial charge in [0.15, 0.2) is 0 Å². The molecular formula is C16H20N4. The standard InChI is InChI=1S/C16H20N4/c1-17-15-7-9-20(10-8-15)16-18-11-14(12-19-16)13-5-3-2-4-6-13/h2-6,11-12,15,17H,7-10H2,1H3. The van der Waals surface area contributed by atoms with E-state index in [1.54, 1.807) is 0 Å². The Bertz CT molecular complexity index is 530. The van der Waals surface area contributed by atoms with E-state index in [1.165, 1.54) is 0 Å². The average Bonchev–Trinajstić information content (AvgIpc) is 2.56. The number of benzene rings is 1. The Labute approximate surface area is 119 Å². The lowest BCUT2D eigenvalue weighted by atomic mass is 10.1. The van der Waals surface area contributed by atoms with Gasteiger partial charge in [-0.15, -0.1) is 0 Å². The average molecular weight is 268 g/mol. The molecular weight excluding hydrogens is 248 g/mol. The summed E-state index contributed by atoms with van der Waals surface area (Å²) in [6.45, 7) is 2.05.